The number of halogens is 1. The number of benzene rings is 1. The monoisotopic (exact) mass is 283 g/mol. The molecule has 1 aliphatic rings. The highest BCUT2D eigenvalue weighted by Crippen LogP contribution is 2.26. The van der Waals surface area contributed by atoms with Gasteiger partial charge >= 0.3 is 0 Å². The topological polar surface area (TPSA) is 60.8 Å². The van der Waals surface area contributed by atoms with Crippen molar-refractivity contribution in [3.8, 4) is 5.75 Å². The Hall–Kier alpha value is -1.26. The normalized spacial score (nSPS) is 24.1. The lowest BCUT2D eigenvalue weighted by Crippen LogP contribution is -2.33. The molecule has 0 aromatic heterocycles. The van der Waals surface area contributed by atoms with Gasteiger partial charge in [0.2, 0.25) is 0 Å². The van der Waals surface area contributed by atoms with Crippen LogP contribution in [0.15, 0.2) is 18.2 Å². The van der Waals surface area contributed by atoms with E-state index in [2.05, 4.69) is 0 Å². The Morgan fingerprint density at radius 1 is 1.37 bits per heavy atom. The molecule has 1 amide bonds. The Labute approximate surface area is 117 Å². The summed E-state index contributed by atoms with van der Waals surface area (Å²) in [7, 11) is 0. The minimum absolute atomic E-state index is 0.0227. The first-order valence-electron chi connectivity index (χ1n) is 6.39. The molecule has 1 aliphatic heterocycles. The largest absolute Gasteiger partial charge is 0.508 e. The van der Waals surface area contributed by atoms with Crippen molar-refractivity contribution in [3.63, 3.8) is 0 Å². The summed E-state index contributed by atoms with van der Waals surface area (Å²) >= 11 is 6.00. The summed E-state index contributed by atoms with van der Waals surface area (Å²) in [6.45, 7) is 2.89. The van der Waals surface area contributed by atoms with E-state index in [1.807, 2.05) is 0 Å². The smallest absolute Gasteiger partial charge is 0.255 e. The van der Waals surface area contributed by atoms with Crippen LogP contribution >= 0.6 is 11.6 Å². The summed E-state index contributed by atoms with van der Waals surface area (Å²) in [4.78, 5) is 14.1. The number of carbonyl (C=O) groups is 1. The molecule has 0 spiro atoms. The van der Waals surface area contributed by atoms with Crippen LogP contribution in [0.4, 0.5) is 0 Å². The van der Waals surface area contributed by atoms with Crippen LogP contribution in [0.5, 0.6) is 5.75 Å². The third-order valence-electron chi connectivity index (χ3n) is 3.53. The lowest BCUT2D eigenvalue weighted by Gasteiger charge is -2.23. The summed E-state index contributed by atoms with van der Waals surface area (Å²) in [5, 5.41) is 19.8. The van der Waals surface area contributed by atoms with E-state index in [0.717, 1.165) is 6.42 Å². The number of likely N-dealkylation sites (tertiary alicyclic amines) is 1. The number of amides is 1. The van der Waals surface area contributed by atoms with Gasteiger partial charge in [0.25, 0.3) is 5.91 Å². The van der Waals surface area contributed by atoms with Gasteiger partial charge in [0, 0.05) is 13.1 Å². The highest BCUT2D eigenvalue weighted by atomic mass is 35.5. The quantitative estimate of drug-likeness (QED) is 0.832. The number of aliphatic hydroxyl groups is 1. The van der Waals surface area contributed by atoms with Gasteiger partial charge in [0.15, 0.2) is 0 Å². The number of nitrogens with zero attached hydrogens (tertiary/aromatic N) is 1. The molecule has 1 fully saturated rings. The molecule has 4 nitrogen and oxygen atoms in total. The average molecular weight is 284 g/mol. The molecule has 0 saturated carbocycles. The summed E-state index contributed by atoms with van der Waals surface area (Å²) in [5.74, 6) is -0.173. The predicted molar refractivity (Wildman–Crippen MR) is 73.5 cm³/mol. The van der Waals surface area contributed by atoms with Gasteiger partial charge in [0.1, 0.15) is 5.75 Å². The molecule has 2 N–H and O–H groups in total. The van der Waals surface area contributed by atoms with Crippen LogP contribution in [0.2, 0.25) is 5.02 Å². The van der Waals surface area contributed by atoms with Gasteiger partial charge in [-0.15, -0.1) is 0 Å². The molecule has 1 saturated heterocycles. The fourth-order valence-electron chi connectivity index (χ4n) is 2.31. The molecular formula is C14H18ClNO3. The van der Waals surface area contributed by atoms with Crippen LogP contribution < -0.4 is 0 Å². The minimum atomic E-state index is -0.711. The van der Waals surface area contributed by atoms with Crippen molar-refractivity contribution < 1.29 is 15.0 Å². The molecule has 0 radical (unpaired) electrons. The zero-order valence-electron chi connectivity index (χ0n) is 10.9. The Morgan fingerprint density at radius 3 is 2.84 bits per heavy atom. The Kier molecular flexibility index (Phi) is 4.02. The number of aromatic hydroxyl groups is 1. The summed E-state index contributed by atoms with van der Waals surface area (Å²) in [6, 6.07) is 4.35. The van der Waals surface area contributed by atoms with Crippen molar-refractivity contribution in [1.29, 1.82) is 0 Å². The molecule has 19 heavy (non-hydrogen) atoms. The number of hydrogen-bond donors (Lipinski definition) is 2. The van der Waals surface area contributed by atoms with Crippen LogP contribution in [0.25, 0.3) is 0 Å². The molecule has 104 valence electrons. The van der Waals surface area contributed by atoms with E-state index in [4.69, 9.17) is 11.6 Å². The van der Waals surface area contributed by atoms with Gasteiger partial charge in [-0.05, 0) is 44.4 Å². The molecule has 0 aliphatic carbocycles. The maximum Gasteiger partial charge on any atom is 0.255 e. The van der Waals surface area contributed by atoms with Gasteiger partial charge in [0.05, 0.1) is 16.2 Å². The van der Waals surface area contributed by atoms with E-state index in [9.17, 15) is 15.0 Å². The molecule has 1 heterocycles. The first-order valence-corrected chi connectivity index (χ1v) is 6.77. The predicted octanol–water partition coefficient (Wildman–Crippen LogP) is 2.42. The van der Waals surface area contributed by atoms with Crippen molar-refractivity contribution in [3.05, 3.63) is 28.8 Å². The van der Waals surface area contributed by atoms with Crippen LogP contribution in [0.1, 0.15) is 36.5 Å². The van der Waals surface area contributed by atoms with Crippen molar-refractivity contribution in [1.82, 2.24) is 4.90 Å². The van der Waals surface area contributed by atoms with Crippen LogP contribution in [-0.2, 0) is 0 Å². The van der Waals surface area contributed by atoms with Gasteiger partial charge in [-0.1, -0.05) is 11.6 Å². The van der Waals surface area contributed by atoms with E-state index < -0.39 is 5.60 Å². The van der Waals surface area contributed by atoms with E-state index >= 15 is 0 Å². The Balaban J connectivity index is 2.17. The highest BCUT2D eigenvalue weighted by molar-refractivity contribution is 6.33. The van der Waals surface area contributed by atoms with Crippen molar-refractivity contribution in [2.45, 2.75) is 31.8 Å². The number of carbonyl (C=O) groups excluding carboxylic acids is 1. The third-order valence-corrected chi connectivity index (χ3v) is 3.86. The number of phenols is 1. The maximum absolute atomic E-state index is 12.4. The van der Waals surface area contributed by atoms with Crippen molar-refractivity contribution >= 4 is 17.5 Å². The minimum Gasteiger partial charge on any atom is -0.508 e. The van der Waals surface area contributed by atoms with Gasteiger partial charge < -0.3 is 15.1 Å². The number of phenolic OH excluding ortho intramolecular Hbond substituents is 1. The maximum atomic E-state index is 12.4. The molecule has 0 bridgehead atoms. The summed E-state index contributed by atoms with van der Waals surface area (Å²) in [5.41, 5.74) is -0.402. The SMILES string of the molecule is CC1(O)CCCN(C(=O)c2cc(O)ccc2Cl)CC1. The van der Waals surface area contributed by atoms with Gasteiger partial charge in [-0.2, -0.15) is 0 Å². The first-order chi connectivity index (χ1) is 8.89. The third kappa shape index (κ3) is 3.39. The van der Waals surface area contributed by atoms with E-state index in [1.165, 1.54) is 18.2 Å². The Bertz CT molecular complexity index is 488. The van der Waals surface area contributed by atoms with Gasteiger partial charge in [-0.25, -0.2) is 0 Å². The fourth-order valence-corrected chi connectivity index (χ4v) is 2.51. The molecule has 5 heteroatoms. The molecule has 1 aromatic carbocycles. The molecule has 1 atom stereocenters. The first kappa shape index (κ1) is 14.2. The van der Waals surface area contributed by atoms with Crippen LogP contribution in [0, 0.1) is 0 Å². The van der Waals surface area contributed by atoms with Crippen molar-refractivity contribution in [2.75, 3.05) is 13.1 Å². The number of rotatable bonds is 1. The standard InChI is InChI=1S/C14H18ClNO3/c1-14(19)5-2-7-16(8-6-14)13(18)11-9-10(17)3-4-12(11)15/h3-4,9,17,19H,2,5-8H2,1H3. The second-order valence-corrected chi connectivity index (χ2v) is 5.71. The van der Waals surface area contributed by atoms with E-state index in [-0.39, 0.29) is 11.7 Å². The number of hydrogen-bond acceptors (Lipinski definition) is 3. The van der Waals surface area contributed by atoms with Crippen LogP contribution in [-0.4, -0.2) is 39.7 Å². The lowest BCUT2D eigenvalue weighted by atomic mass is 9.98. The Morgan fingerprint density at radius 2 is 2.11 bits per heavy atom. The lowest BCUT2D eigenvalue weighted by molar-refractivity contribution is 0.0438. The highest BCUT2D eigenvalue weighted by Gasteiger charge is 2.28. The molecule has 1 unspecified atom stereocenters. The molecule has 2 rings (SSSR count). The fraction of sp³-hybridized carbons (Fsp3) is 0.500. The van der Waals surface area contributed by atoms with E-state index in [0.29, 0.717) is 36.5 Å². The second-order valence-electron chi connectivity index (χ2n) is 5.31. The molecular weight excluding hydrogens is 266 g/mol. The second kappa shape index (κ2) is 5.39. The van der Waals surface area contributed by atoms with Crippen molar-refractivity contribution in [2.24, 2.45) is 0 Å². The summed E-state index contributed by atoms with van der Waals surface area (Å²) in [6.07, 6.45) is 1.99. The van der Waals surface area contributed by atoms with E-state index in [1.54, 1.807) is 11.8 Å². The summed E-state index contributed by atoms with van der Waals surface area (Å²) < 4.78 is 0. The molecule has 1 aromatic rings. The zero-order valence-corrected chi connectivity index (χ0v) is 11.7. The van der Waals surface area contributed by atoms with Gasteiger partial charge in [-0.3, -0.25) is 4.79 Å². The van der Waals surface area contributed by atoms with Crippen LogP contribution in [0.3, 0.4) is 0 Å². The average Bonchev–Trinajstić information content (AvgIpc) is 2.52. The zero-order chi connectivity index (χ0) is 14.0.